The molecule has 4 amide bonds. The van der Waals surface area contributed by atoms with Gasteiger partial charge in [-0.15, -0.1) is 0 Å². The van der Waals surface area contributed by atoms with Crippen molar-refractivity contribution in [3.8, 4) is 0 Å². The third kappa shape index (κ3) is 12.8. The molecule has 2 heterocycles. The zero-order valence-electron chi connectivity index (χ0n) is 15.4. The van der Waals surface area contributed by atoms with Gasteiger partial charge in [-0.3, -0.25) is 29.0 Å². The molecule has 0 aromatic carbocycles. The Morgan fingerprint density at radius 2 is 0.625 bits per heavy atom. The standard InChI is InChI=1S/2C5H7NO2.3C2H6.2CH4/c2*1-6-4(7)2-3-5(6)8;3*1-2;;/h2*2-3H2,1H3;3*1-2H3;2*1H4. The molecule has 6 nitrogen and oxygen atoms in total. The van der Waals surface area contributed by atoms with Gasteiger partial charge in [-0.25, -0.2) is 0 Å². The first-order valence-electron chi connectivity index (χ1n) is 8.02. The molecule has 6 heteroatoms. The zero-order chi connectivity index (χ0) is 18.3. The van der Waals surface area contributed by atoms with Crippen LogP contribution in [0.3, 0.4) is 0 Å². The number of carbonyl (C=O) groups excluding carboxylic acids is 4. The highest BCUT2D eigenvalue weighted by Gasteiger charge is 2.24. The van der Waals surface area contributed by atoms with Crippen molar-refractivity contribution in [2.24, 2.45) is 0 Å². The summed E-state index contributed by atoms with van der Waals surface area (Å²) in [5.74, 6) is -0.241. The third-order valence-corrected chi connectivity index (χ3v) is 2.60. The molecule has 0 N–H and O–H groups in total. The quantitative estimate of drug-likeness (QED) is 0.623. The molecule has 2 aliphatic rings. The monoisotopic (exact) mass is 348 g/mol. The fourth-order valence-corrected chi connectivity index (χ4v) is 1.38. The first kappa shape index (κ1) is 33.8. The molecule has 0 aromatic heterocycles. The molecule has 0 saturated carbocycles. The van der Waals surface area contributed by atoms with E-state index in [1.807, 2.05) is 41.5 Å². The van der Waals surface area contributed by atoms with Crippen LogP contribution in [-0.4, -0.2) is 47.5 Å². The third-order valence-electron chi connectivity index (χ3n) is 2.60. The number of hydrogen-bond donors (Lipinski definition) is 0. The molecule has 2 saturated heterocycles. The van der Waals surface area contributed by atoms with Gasteiger partial charge >= 0.3 is 0 Å². The molecule has 0 bridgehead atoms. The highest BCUT2D eigenvalue weighted by atomic mass is 16.2. The van der Waals surface area contributed by atoms with Crippen LogP contribution in [0.2, 0.25) is 0 Å². The largest absolute Gasteiger partial charge is 0.286 e. The van der Waals surface area contributed by atoms with E-state index in [9.17, 15) is 19.2 Å². The molecule has 2 fully saturated rings. The normalized spacial score (nSPS) is 14.3. The molecule has 0 unspecified atom stereocenters. The lowest BCUT2D eigenvalue weighted by atomic mass is 10.4. The molecule has 0 spiro atoms. The van der Waals surface area contributed by atoms with Gasteiger partial charge in [0, 0.05) is 39.8 Å². The summed E-state index contributed by atoms with van der Waals surface area (Å²) < 4.78 is 0. The van der Waals surface area contributed by atoms with Gasteiger partial charge < -0.3 is 0 Å². The number of nitrogens with zero attached hydrogens (tertiary/aromatic N) is 2. The number of likely N-dealkylation sites (tertiary alicyclic amines) is 2. The molecule has 0 aromatic rings. The zero-order valence-corrected chi connectivity index (χ0v) is 15.4. The molecule has 2 rings (SSSR count). The molecule has 146 valence electrons. The maximum Gasteiger partial charge on any atom is 0.229 e. The van der Waals surface area contributed by atoms with Crippen molar-refractivity contribution in [3.63, 3.8) is 0 Å². The summed E-state index contributed by atoms with van der Waals surface area (Å²) in [6, 6.07) is 0. The lowest BCUT2D eigenvalue weighted by molar-refractivity contribution is -0.138. The summed E-state index contributed by atoms with van der Waals surface area (Å²) in [7, 11) is 3.02. The van der Waals surface area contributed by atoms with E-state index in [2.05, 4.69) is 0 Å². The van der Waals surface area contributed by atoms with Gasteiger partial charge in [-0.2, -0.15) is 0 Å². The summed E-state index contributed by atoms with van der Waals surface area (Å²) in [5, 5.41) is 0. The van der Waals surface area contributed by atoms with Gasteiger partial charge in [0.05, 0.1) is 0 Å². The predicted molar refractivity (Wildman–Crippen MR) is 102 cm³/mol. The van der Waals surface area contributed by atoms with Crippen molar-refractivity contribution in [2.75, 3.05) is 14.1 Å². The molecule has 24 heavy (non-hydrogen) atoms. The number of carbonyl (C=O) groups is 4. The first-order valence-corrected chi connectivity index (χ1v) is 8.02. The Labute approximate surface area is 149 Å². The molecular weight excluding hydrogens is 308 g/mol. The van der Waals surface area contributed by atoms with E-state index in [1.165, 1.54) is 23.9 Å². The van der Waals surface area contributed by atoms with E-state index in [1.54, 1.807) is 0 Å². The fraction of sp³-hybridized carbons (Fsp3) is 0.778. The summed E-state index contributed by atoms with van der Waals surface area (Å²) in [6.45, 7) is 12.0. The lowest BCUT2D eigenvalue weighted by Crippen LogP contribution is -2.23. The van der Waals surface area contributed by atoms with Crippen molar-refractivity contribution in [3.05, 3.63) is 0 Å². The van der Waals surface area contributed by atoms with E-state index in [0.717, 1.165) is 0 Å². The topological polar surface area (TPSA) is 74.8 Å². The van der Waals surface area contributed by atoms with Crippen LogP contribution in [0, 0.1) is 0 Å². The predicted octanol–water partition coefficient (Wildman–Crippen LogP) is 3.88. The van der Waals surface area contributed by atoms with Gasteiger partial charge in [0.25, 0.3) is 0 Å². The fourth-order valence-electron chi connectivity index (χ4n) is 1.38. The summed E-state index contributed by atoms with van der Waals surface area (Å²) >= 11 is 0. The van der Waals surface area contributed by atoms with Crippen LogP contribution in [0.15, 0.2) is 0 Å². The van der Waals surface area contributed by atoms with Crippen LogP contribution in [-0.2, 0) is 19.2 Å². The van der Waals surface area contributed by atoms with Crippen LogP contribution < -0.4 is 0 Å². The molecule has 0 radical (unpaired) electrons. The van der Waals surface area contributed by atoms with Gasteiger partial charge in [0.1, 0.15) is 0 Å². The van der Waals surface area contributed by atoms with Crippen LogP contribution in [0.1, 0.15) is 82.1 Å². The lowest BCUT2D eigenvalue weighted by Gasteiger charge is -2.01. The van der Waals surface area contributed by atoms with Crippen molar-refractivity contribution >= 4 is 23.6 Å². The Kier molecular flexibility index (Phi) is 30.0. The van der Waals surface area contributed by atoms with Crippen LogP contribution in [0.25, 0.3) is 0 Å². The van der Waals surface area contributed by atoms with Crippen molar-refractivity contribution in [1.82, 2.24) is 9.80 Å². The Morgan fingerprint density at radius 1 is 0.500 bits per heavy atom. The summed E-state index contributed by atoms with van der Waals surface area (Å²) in [5.41, 5.74) is 0. The first-order chi connectivity index (χ1) is 10.4. The van der Waals surface area contributed by atoms with Crippen molar-refractivity contribution in [1.29, 1.82) is 0 Å². The van der Waals surface area contributed by atoms with E-state index in [0.29, 0.717) is 25.7 Å². The minimum absolute atomic E-state index is 0. The van der Waals surface area contributed by atoms with Crippen LogP contribution in [0.4, 0.5) is 0 Å². The molecular formula is C18H40N2O4. The second-order valence-electron chi connectivity index (χ2n) is 3.69. The van der Waals surface area contributed by atoms with Gasteiger partial charge in [0.15, 0.2) is 0 Å². The van der Waals surface area contributed by atoms with E-state index in [4.69, 9.17) is 0 Å². The van der Waals surface area contributed by atoms with Crippen LogP contribution in [0.5, 0.6) is 0 Å². The number of amides is 4. The summed E-state index contributed by atoms with van der Waals surface area (Å²) in [6.07, 6.45) is 1.59. The minimum Gasteiger partial charge on any atom is -0.286 e. The Morgan fingerprint density at radius 3 is 0.667 bits per heavy atom. The Bertz CT molecular complexity index is 289. The maximum atomic E-state index is 10.5. The average Bonchev–Trinajstić information content (AvgIpc) is 3.04. The number of imide groups is 2. The van der Waals surface area contributed by atoms with Crippen LogP contribution >= 0.6 is 0 Å². The highest BCUT2D eigenvalue weighted by molar-refractivity contribution is 6.02. The molecule has 0 atom stereocenters. The minimum atomic E-state index is -0.0602. The number of hydrogen-bond acceptors (Lipinski definition) is 4. The van der Waals surface area contributed by atoms with E-state index >= 15 is 0 Å². The molecule has 2 aliphatic heterocycles. The van der Waals surface area contributed by atoms with E-state index in [-0.39, 0.29) is 38.5 Å². The van der Waals surface area contributed by atoms with Crippen molar-refractivity contribution in [2.45, 2.75) is 82.1 Å². The van der Waals surface area contributed by atoms with Crippen molar-refractivity contribution < 1.29 is 19.2 Å². The number of rotatable bonds is 0. The van der Waals surface area contributed by atoms with Gasteiger partial charge in [-0.1, -0.05) is 56.4 Å². The van der Waals surface area contributed by atoms with Gasteiger partial charge in [0.2, 0.25) is 23.6 Å². The Balaban J connectivity index is -0.0000000720. The SMILES string of the molecule is C.C.CC.CC.CC.CN1C(=O)CCC1=O.CN1C(=O)CCC1=O. The average molecular weight is 349 g/mol. The maximum absolute atomic E-state index is 10.5. The highest BCUT2D eigenvalue weighted by Crippen LogP contribution is 2.07. The van der Waals surface area contributed by atoms with E-state index < -0.39 is 0 Å². The Hall–Kier alpha value is -1.72. The smallest absolute Gasteiger partial charge is 0.229 e. The molecule has 0 aliphatic carbocycles. The second kappa shape index (κ2) is 21.3. The van der Waals surface area contributed by atoms with Gasteiger partial charge in [-0.05, 0) is 0 Å². The second-order valence-corrected chi connectivity index (χ2v) is 3.69. The summed E-state index contributed by atoms with van der Waals surface area (Å²) in [4.78, 5) is 44.3.